The lowest BCUT2D eigenvalue weighted by atomic mass is 9.94. The second kappa shape index (κ2) is 10.3. The Hall–Kier alpha value is -5.13. The summed E-state index contributed by atoms with van der Waals surface area (Å²) >= 11 is 0. The molecule has 1 fully saturated rings. The summed E-state index contributed by atoms with van der Waals surface area (Å²) in [5, 5.41) is 6.50. The number of benzene rings is 3. The van der Waals surface area contributed by atoms with Crippen LogP contribution in [0.5, 0.6) is 0 Å². The smallest absolute Gasteiger partial charge is 0.366 e. The highest BCUT2D eigenvalue weighted by Crippen LogP contribution is 2.59. The van der Waals surface area contributed by atoms with E-state index in [9.17, 15) is 31.5 Å². The second-order valence-electron chi connectivity index (χ2n) is 10.3. The van der Waals surface area contributed by atoms with Crippen molar-refractivity contribution in [2.75, 3.05) is 0 Å². The molecule has 6 rings (SSSR count). The zero-order chi connectivity index (χ0) is 30.5. The molecule has 1 aliphatic rings. The van der Waals surface area contributed by atoms with Crippen LogP contribution in [0.15, 0.2) is 85.1 Å². The molecular formula is C31H22F5N5O2. The van der Waals surface area contributed by atoms with Gasteiger partial charge in [0.05, 0.1) is 22.3 Å². The molecule has 2 unspecified atom stereocenters. The number of fused-ring (bicyclic) bond motifs is 1. The average molecular weight is 592 g/mol. The number of hydrogen-bond acceptors (Lipinski definition) is 4. The van der Waals surface area contributed by atoms with E-state index >= 15 is 0 Å². The maximum atomic E-state index is 14.3. The number of primary amides is 1. The Bertz CT molecular complexity index is 1900. The highest BCUT2D eigenvalue weighted by molar-refractivity contribution is 5.94. The molecule has 2 aromatic heterocycles. The summed E-state index contributed by atoms with van der Waals surface area (Å²) in [5.41, 5.74) is 4.58. The van der Waals surface area contributed by atoms with Gasteiger partial charge in [-0.3, -0.25) is 19.3 Å². The third kappa shape index (κ3) is 5.09. The molecule has 0 radical (unpaired) electrons. The van der Waals surface area contributed by atoms with Crippen LogP contribution in [0.3, 0.4) is 0 Å². The zero-order valence-corrected chi connectivity index (χ0v) is 22.2. The van der Waals surface area contributed by atoms with Crippen molar-refractivity contribution >= 4 is 22.7 Å². The number of nitrogens with one attached hydrogen (secondary N) is 1. The maximum Gasteiger partial charge on any atom is 0.435 e. The number of para-hydroxylation sites is 1. The van der Waals surface area contributed by atoms with Crippen LogP contribution in [0.2, 0.25) is 0 Å². The zero-order valence-electron chi connectivity index (χ0n) is 22.2. The van der Waals surface area contributed by atoms with Gasteiger partial charge in [0, 0.05) is 23.1 Å². The lowest BCUT2D eigenvalue weighted by Crippen LogP contribution is -2.39. The van der Waals surface area contributed by atoms with Crippen molar-refractivity contribution in [1.29, 1.82) is 0 Å². The Morgan fingerprint density at radius 2 is 1.79 bits per heavy atom. The van der Waals surface area contributed by atoms with Crippen molar-refractivity contribution in [1.82, 2.24) is 20.1 Å². The van der Waals surface area contributed by atoms with Gasteiger partial charge in [-0.15, -0.1) is 0 Å². The van der Waals surface area contributed by atoms with Crippen LogP contribution in [-0.4, -0.2) is 26.6 Å². The number of nitrogens with zero attached hydrogens (tertiary/aromatic N) is 3. The first-order valence-corrected chi connectivity index (χ1v) is 13.1. The summed E-state index contributed by atoms with van der Waals surface area (Å²) in [6.45, 7) is -0.543. The number of pyridine rings is 1. The summed E-state index contributed by atoms with van der Waals surface area (Å²) < 4.78 is 70.5. The molecule has 0 bridgehead atoms. The lowest BCUT2D eigenvalue weighted by molar-refractivity contribution is -0.140. The fraction of sp³-hybridized carbons (Fsp3) is 0.161. The topological polar surface area (TPSA) is 103 Å². The summed E-state index contributed by atoms with van der Waals surface area (Å²) in [6, 6.07) is 18.7. The Balaban J connectivity index is 1.42. The number of rotatable bonds is 7. The molecule has 5 aromatic rings. The normalized spacial score (nSPS) is 18.0. The first kappa shape index (κ1) is 28.0. The number of alkyl halides is 3. The Morgan fingerprint density at radius 3 is 2.53 bits per heavy atom. The molecule has 43 heavy (non-hydrogen) atoms. The predicted octanol–water partition coefficient (Wildman–Crippen LogP) is 5.69. The van der Waals surface area contributed by atoms with Gasteiger partial charge < -0.3 is 11.1 Å². The number of nitrogens with two attached hydrogens (primary N) is 1. The highest BCUT2D eigenvalue weighted by atomic mass is 19.4. The summed E-state index contributed by atoms with van der Waals surface area (Å²) in [7, 11) is 0. The van der Waals surface area contributed by atoms with Gasteiger partial charge in [0.25, 0.3) is 5.91 Å². The Labute approximate surface area is 241 Å². The van der Waals surface area contributed by atoms with Crippen molar-refractivity contribution in [2.24, 2.45) is 5.73 Å². The van der Waals surface area contributed by atoms with Crippen LogP contribution in [0.4, 0.5) is 22.0 Å². The van der Waals surface area contributed by atoms with E-state index in [0.717, 1.165) is 10.7 Å². The molecule has 12 heteroatoms. The number of carbonyl (C=O) groups is 2. The summed E-state index contributed by atoms with van der Waals surface area (Å²) in [4.78, 5) is 29.9. The van der Waals surface area contributed by atoms with E-state index in [0.29, 0.717) is 22.4 Å². The molecule has 3 N–H and O–H groups in total. The largest absolute Gasteiger partial charge is 0.435 e. The molecule has 2 heterocycles. The van der Waals surface area contributed by atoms with Crippen LogP contribution < -0.4 is 11.1 Å². The van der Waals surface area contributed by atoms with Gasteiger partial charge in [0.15, 0.2) is 5.69 Å². The van der Waals surface area contributed by atoms with Gasteiger partial charge in [-0.05, 0) is 53.9 Å². The van der Waals surface area contributed by atoms with Crippen molar-refractivity contribution in [3.63, 3.8) is 0 Å². The molecule has 2 amide bonds. The van der Waals surface area contributed by atoms with Gasteiger partial charge in [0.2, 0.25) is 5.91 Å². The van der Waals surface area contributed by atoms with Crippen molar-refractivity contribution < 1.29 is 31.5 Å². The number of hydrogen-bond donors (Lipinski definition) is 2. The molecule has 0 saturated heterocycles. The van der Waals surface area contributed by atoms with E-state index in [4.69, 9.17) is 5.73 Å². The van der Waals surface area contributed by atoms with Crippen LogP contribution >= 0.6 is 0 Å². The molecular weight excluding hydrogens is 569 g/mol. The third-order valence-electron chi connectivity index (χ3n) is 7.57. The van der Waals surface area contributed by atoms with Crippen molar-refractivity contribution in [3.8, 4) is 11.1 Å². The number of carbonyl (C=O) groups excluding carboxylic acids is 2. The van der Waals surface area contributed by atoms with E-state index in [1.165, 1.54) is 54.7 Å². The van der Waals surface area contributed by atoms with E-state index in [2.05, 4.69) is 15.4 Å². The first-order valence-electron chi connectivity index (χ1n) is 13.1. The standard InChI is InChI=1S/C31H22F5N5O2/c32-19-6-3-5-18(13-19)23-15-30(23,27-20(8-4-12-38-27)17-10-11-24(33)22(14-17)29(37)43)39-26(42)16-41-25-9-2-1-7-21(25)28(40-41)31(34,35)36/h1-14,23H,15-16H2,(H2,37,43)(H,39,42). The Kier molecular flexibility index (Phi) is 6.71. The van der Waals surface area contributed by atoms with Gasteiger partial charge in [-0.25, -0.2) is 8.78 Å². The molecule has 2 atom stereocenters. The molecule has 7 nitrogen and oxygen atoms in total. The van der Waals surface area contributed by atoms with E-state index < -0.39 is 53.3 Å². The fourth-order valence-corrected chi connectivity index (χ4v) is 5.60. The van der Waals surface area contributed by atoms with Crippen LogP contribution in [0, 0.1) is 11.6 Å². The van der Waals surface area contributed by atoms with Crippen molar-refractivity contribution in [2.45, 2.75) is 30.6 Å². The molecule has 3 aromatic carbocycles. The van der Waals surface area contributed by atoms with Gasteiger partial charge in [-0.2, -0.15) is 18.3 Å². The van der Waals surface area contributed by atoms with E-state index in [-0.39, 0.29) is 22.9 Å². The second-order valence-corrected chi connectivity index (χ2v) is 10.3. The summed E-state index contributed by atoms with van der Waals surface area (Å²) in [6.07, 6.45) is -2.96. The van der Waals surface area contributed by atoms with Crippen molar-refractivity contribution in [3.05, 3.63) is 119 Å². The van der Waals surface area contributed by atoms with E-state index in [1.54, 1.807) is 24.3 Å². The first-order chi connectivity index (χ1) is 20.5. The molecule has 0 aliphatic heterocycles. The van der Waals surface area contributed by atoms with Crippen LogP contribution in [-0.2, 0) is 23.1 Å². The minimum Gasteiger partial charge on any atom is -0.366 e. The monoisotopic (exact) mass is 591 g/mol. The minimum absolute atomic E-state index is 0.125. The molecule has 1 aliphatic carbocycles. The van der Waals surface area contributed by atoms with Gasteiger partial charge in [0.1, 0.15) is 18.2 Å². The SMILES string of the molecule is NC(=O)c1cc(-c2cccnc2C2(NC(=O)Cn3nc(C(F)(F)F)c4ccccc43)CC2c2cccc(F)c2)ccc1F. The molecule has 0 spiro atoms. The molecule has 1 saturated carbocycles. The van der Waals surface area contributed by atoms with Crippen LogP contribution in [0.1, 0.15) is 39.6 Å². The maximum absolute atomic E-state index is 14.3. The number of amides is 2. The fourth-order valence-electron chi connectivity index (χ4n) is 5.60. The minimum atomic E-state index is -4.73. The van der Waals surface area contributed by atoms with Gasteiger partial charge in [-0.1, -0.05) is 42.5 Å². The van der Waals surface area contributed by atoms with Crippen LogP contribution in [0.25, 0.3) is 22.0 Å². The van der Waals surface area contributed by atoms with E-state index in [1.807, 2.05) is 0 Å². The quantitative estimate of drug-likeness (QED) is 0.237. The highest BCUT2D eigenvalue weighted by Gasteiger charge is 2.59. The molecule has 218 valence electrons. The average Bonchev–Trinajstić information content (AvgIpc) is 3.57. The third-order valence-corrected chi connectivity index (χ3v) is 7.57. The summed E-state index contributed by atoms with van der Waals surface area (Å²) in [5.74, 6) is -3.38. The van der Waals surface area contributed by atoms with Gasteiger partial charge >= 0.3 is 6.18 Å². The number of aromatic nitrogens is 3. The lowest BCUT2D eigenvalue weighted by Gasteiger charge is -2.23. The predicted molar refractivity (Wildman–Crippen MR) is 146 cm³/mol. The number of halogens is 5. The Morgan fingerprint density at radius 1 is 1.00 bits per heavy atom.